The lowest BCUT2D eigenvalue weighted by atomic mass is 10.2. The molecule has 0 spiro atoms. The van der Waals surface area contributed by atoms with Gasteiger partial charge in [-0.15, -0.1) is 0 Å². The molecule has 0 fully saturated rings. The van der Waals surface area contributed by atoms with Crippen molar-refractivity contribution in [3.05, 3.63) is 35.9 Å². The Hall–Kier alpha value is -1.57. The Kier molecular flexibility index (Phi) is 4.10. The van der Waals surface area contributed by atoms with Crippen molar-refractivity contribution in [3.63, 3.8) is 0 Å². The minimum Gasteiger partial charge on any atom is -0.321 e. The van der Waals surface area contributed by atoms with E-state index in [4.69, 9.17) is 10.5 Å². The van der Waals surface area contributed by atoms with E-state index in [1.54, 1.807) is 0 Å². The van der Waals surface area contributed by atoms with Crippen LogP contribution in [0.4, 0.5) is 0 Å². The second-order valence-electron chi connectivity index (χ2n) is 3.33. The highest BCUT2D eigenvalue weighted by Crippen LogP contribution is 2.47. The van der Waals surface area contributed by atoms with Crippen LogP contribution in [-0.4, -0.2) is 12.3 Å². The minimum absolute atomic E-state index is 0.0184. The molecule has 0 aliphatic heterocycles. The first-order chi connectivity index (χ1) is 7.20. The maximum atomic E-state index is 12.1. The van der Waals surface area contributed by atoms with E-state index in [0.29, 0.717) is 6.16 Å². The first-order valence-electron chi connectivity index (χ1n) is 4.55. The second-order valence-corrected chi connectivity index (χ2v) is 6.40. The van der Waals surface area contributed by atoms with Crippen molar-refractivity contribution in [2.24, 2.45) is 0 Å². The normalized spacial score (nSPS) is 10.3. The number of benzene rings is 1. The molecule has 1 aromatic carbocycles. The van der Waals surface area contributed by atoms with E-state index in [1.165, 1.54) is 0 Å². The molecule has 0 saturated heterocycles. The maximum absolute atomic E-state index is 12.1. The van der Waals surface area contributed by atoms with Crippen LogP contribution in [0.3, 0.4) is 0 Å². The lowest BCUT2D eigenvalue weighted by Crippen LogP contribution is -1.96. The van der Waals surface area contributed by atoms with Crippen LogP contribution in [0.2, 0.25) is 0 Å². The fraction of sp³-hybridized carbons (Fsp3) is 0.273. The molecule has 1 rings (SSSR count). The summed E-state index contributed by atoms with van der Waals surface area (Å²) in [6.07, 6.45) is 0.305. The Morgan fingerprint density at radius 1 is 1.07 bits per heavy atom. The van der Waals surface area contributed by atoms with Crippen LogP contribution in [-0.2, 0) is 10.7 Å². The molecule has 0 aliphatic carbocycles. The fourth-order valence-electron chi connectivity index (χ4n) is 1.34. The molecule has 0 bridgehead atoms. The predicted octanol–water partition coefficient (Wildman–Crippen LogP) is 2.60. The SMILES string of the molecule is N#CCP(=O)(CC#N)Cc1ccccc1. The lowest BCUT2D eigenvalue weighted by molar-refractivity contribution is 0.578. The Bertz CT molecular complexity index is 422. The molecule has 0 unspecified atom stereocenters. The van der Waals surface area contributed by atoms with Crippen LogP contribution >= 0.6 is 7.14 Å². The van der Waals surface area contributed by atoms with Crippen LogP contribution in [0.25, 0.3) is 0 Å². The summed E-state index contributed by atoms with van der Waals surface area (Å²) in [7, 11) is -2.66. The van der Waals surface area contributed by atoms with Gasteiger partial charge in [0.2, 0.25) is 0 Å². The summed E-state index contributed by atoms with van der Waals surface area (Å²) in [6, 6.07) is 13.1. The van der Waals surface area contributed by atoms with Gasteiger partial charge in [-0.3, -0.25) is 0 Å². The van der Waals surface area contributed by atoms with Crippen molar-refractivity contribution in [2.45, 2.75) is 6.16 Å². The Balaban J connectivity index is 2.82. The van der Waals surface area contributed by atoms with Gasteiger partial charge in [0.25, 0.3) is 0 Å². The van der Waals surface area contributed by atoms with Crippen molar-refractivity contribution in [2.75, 3.05) is 12.3 Å². The zero-order chi connectivity index (χ0) is 11.1. The summed E-state index contributed by atoms with van der Waals surface area (Å²) in [5, 5.41) is 17.1. The molecule has 4 heteroatoms. The van der Waals surface area contributed by atoms with Crippen molar-refractivity contribution >= 4 is 7.14 Å². The monoisotopic (exact) mass is 218 g/mol. The average Bonchev–Trinajstić information content (AvgIpc) is 2.19. The number of nitrogens with zero attached hydrogens (tertiary/aromatic N) is 2. The van der Waals surface area contributed by atoms with E-state index in [0.717, 1.165) is 5.56 Å². The third-order valence-electron chi connectivity index (χ3n) is 2.03. The second kappa shape index (κ2) is 5.35. The van der Waals surface area contributed by atoms with Crippen LogP contribution < -0.4 is 0 Å². The highest BCUT2D eigenvalue weighted by atomic mass is 31.2. The maximum Gasteiger partial charge on any atom is 0.119 e. The zero-order valence-corrected chi connectivity index (χ0v) is 9.15. The smallest absolute Gasteiger partial charge is 0.119 e. The van der Waals surface area contributed by atoms with Gasteiger partial charge in [-0.25, -0.2) is 0 Å². The van der Waals surface area contributed by atoms with Crippen molar-refractivity contribution in [1.82, 2.24) is 0 Å². The third kappa shape index (κ3) is 3.58. The molecule has 76 valence electrons. The van der Waals surface area contributed by atoms with E-state index in [-0.39, 0.29) is 12.3 Å². The summed E-state index contributed by atoms with van der Waals surface area (Å²) in [5.74, 6) is 0. The number of hydrogen-bond acceptors (Lipinski definition) is 3. The fourth-order valence-corrected chi connectivity index (χ4v) is 3.07. The Morgan fingerprint density at radius 2 is 1.60 bits per heavy atom. The molecule has 0 saturated carbocycles. The number of hydrogen-bond donors (Lipinski definition) is 0. The van der Waals surface area contributed by atoms with Crippen LogP contribution in [0.5, 0.6) is 0 Å². The lowest BCUT2D eigenvalue weighted by Gasteiger charge is -2.10. The molecule has 0 N–H and O–H groups in total. The largest absolute Gasteiger partial charge is 0.321 e. The molecule has 0 aromatic heterocycles. The molecule has 0 amide bonds. The van der Waals surface area contributed by atoms with Crippen molar-refractivity contribution in [3.8, 4) is 12.1 Å². The van der Waals surface area contributed by atoms with Crippen molar-refractivity contribution in [1.29, 1.82) is 10.5 Å². The van der Waals surface area contributed by atoms with Gasteiger partial charge >= 0.3 is 0 Å². The van der Waals surface area contributed by atoms with Gasteiger partial charge in [-0.05, 0) is 5.56 Å². The van der Waals surface area contributed by atoms with Gasteiger partial charge in [-0.1, -0.05) is 30.3 Å². The standard InChI is InChI=1S/C11H11N2OP/c12-6-8-15(14,9-7-13)10-11-4-2-1-3-5-11/h1-5H,8-10H2. The van der Waals surface area contributed by atoms with E-state index >= 15 is 0 Å². The van der Waals surface area contributed by atoms with Crippen molar-refractivity contribution < 1.29 is 4.57 Å². The molecule has 0 aliphatic rings. The minimum atomic E-state index is -2.66. The van der Waals surface area contributed by atoms with Crippen LogP contribution in [0, 0.1) is 22.7 Å². The van der Waals surface area contributed by atoms with Crippen LogP contribution in [0.1, 0.15) is 5.56 Å². The first kappa shape index (κ1) is 11.5. The van der Waals surface area contributed by atoms with E-state index in [1.807, 2.05) is 42.5 Å². The van der Waals surface area contributed by atoms with E-state index < -0.39 is 7.14 Å². The molecule has 0 atom stereocenters. The summed E-state index contributed by atoms with van der Waals surface area (Å²) in [6.45, 7) is 0. The molecular formula is C11H11N2OP. The topological polar surface area (TPSA) is 64.7 Å². The number of nitriles is 2. The van der Waals surface area contributed by atoms with Gasteiger partial charge in [0.05, 0.1) is 24.5 Å². The molecular weight excluding hydrogens is 207 g/mol. The quantitative estimate of drug-likeness (QED) is 0.729. The summed E-state index contributed by atoms with van der Waals surface area (Å²) >= 11 is 0. The van der Waals surface area contributed by atoms with Gasteiger partial charge in [0, 0.05) is 6.16 Å². The van der Waals surface area contributed by atoms with E-state index in [9.17, 15) is 4.57 Å². The highest BCUT2D eigenvalue weighted by Gasteiger charge is 2.21. The first-order valence-corrected chi connectivity index (χ1v) is 6.81. The molecule has 1 aromatic rings. The Morgan fingerprint density at radius 3 is 2.07 bits per heavy atom. The van der Waals surface area contributed by atoms with Gasteiger partial charge < -0.3 is 4.57 Å². The van der Waals surface area contributed by atoms with Gasteiger partial charge in [-0.2, -0.15) is 10.5 Å². The van der Waals surface area contributed by atoms with Crippen LogP contribution in [0.15, 0.2) is 30.3 Å². The summed E-state index contributed by atoms with van der Waals surface area (Å²) in [4.78, 5) is 0. The summed E-state index contributed by atoms with van der Waals surface area (Å²) < 4.78 is 12.1. The third-order valence-corrected chi connectivity index (χ3v) is 4.41. The molecule has 0 radical (unpaired) electrons. The summed E-state index contributed by atoms with van der Waals surface area (Å²) in [5.41, 5.74) is 0.923. The zero-order valence-electron chi connectivity index (χ0n) is 8.26. The average molecular weight is 218 g/mol. The molecule has 3 nitrogen and oxygen atoms in total. The molecule has 15 heavy (non-hydrogen) atoms. The van der Waals surface area contributed by atoms with E-state index in [2.05, 4.69) is 0 Å². The predicted molar refractivity (Wildman–Crippen MR) is 58.7 cm³/mol. The highest BCUT2D eigenvalue weighted by molar-refractivity contribution is 7.63. The van der Waals surface area contributed by atoms with Gasteiger partial charge in [0.15, 0.2) is 0 Å². The number of rotatable bonds is 4. The molecule has 0 heterocycles. The van der Waals surface area contributed by atoms with Gasteiger partial charge in [0.1, 0.15) is 7.14 Å². The Labute approximate surface area is 89.3 Å².